The number of aromatic nitrogens is 2. The van der Waals surface area contributed by atoms with Gasteiger partial charge in [-0.2, -0.15) is 5.10 Å². The van der Waals surface area contributed by atoms with E-state index in [0.29, 0.717) is 5.46 Å². The van der Waals surface area contributed by atoms with E-state index >= 15 is 0 Å². The zero-order valence-electron chi connectivity index (χ0n) is 5.02. The molecule has 4 nitrogen and oxygen atoms in total. The van der Waals surface area contributed by atoms with Crippen molar-refractivity contribution in [1.82, 2.24) is 9.78 Å². The van der Waals surface area contributed by atoms with Gasteiger partial charge in [-0.05, 0) is 0 Å². The highest BCUT2D eigenvalue weighted by Crippen LogP contribution is 1.77. The Hall–Kier alpha value is -0.805. The molecule has 0 fully saturated rings. The highest BCUT2D eigenvalue weighted by molar-refractivity contribution is 6.58. The van der Waals surface area contributed by atoms with Crippen LogP contribution in [0.2, 0.25) is 0 Å². The monoisotopic (exact) mass is 128 g/mol. The van der Waals surface area contributed by atoms with Gasteiger partial charge in [0.2, 0.25) is 0 Å². The van der Waals surface area contributed by atoms with Crippen LogP contribution >= 0.6 is 0 Å². The van der Waals surface area contributed by atoms with Gasteiger partial charge in [-0.3, -0.25) is 4.68 Å². The predicted molar refractivity (Wildman–Crippen MR) is 33.0 cm³/mol. The minimum atomic E-state index is -1.40. The van der Waals surface area contributed by atoms with E-state index in [1.54, 1.807) is 13.2 Å². The Bertz CT molecular complexity index is 198. The molecule has 1 aromatic rings. The van der Waals surface area contributed by atoms with Crippen LogP contribution in [0.5, 0.6) is 0 Å². The smallest absolute Gasteiger partial charge is 0.423 e. The van der Waals surface area contributed by atoms with Gasteiger partial charge in [0.05, 0.1) is 0 Å². The topological polar surface area (TPSA) is 58.3 Å². The summed E-state index contributed by atoms with van der Waals surface area (Å²) in [4.78, 5) is 0. The minimum Gasteiger partial charge on any atom is -0.423 e. The standard InChI is InChI=1S/C4H7BN2O2/c1-7-3-4(2-6-7)5(8)9/h2-3,8-9H,1H3/i2+1,3+1. The molecule has 1 rings (SSSR count). The molecular weight excluding hydrogens is 121 g/mol. The SMILES string of the molecule is Cn1[13cH]c(B(O)O)[13cH]n1. The molecular formula is C4H7BN2O2. The van der Waals surface area contributed by atoms with Crippen LogP contribution in [0.4, 0.5) is 0 Å². The molecule has 1 heterocycles. The first-order valence-corrected chi connectivity index (χ1v) is 2.55. The van der Waals surface area contributed by atoms with E-state index in [1.807, 2.05) is 0 Å². The lowest BCUT2D eigenvalue weighted by Gasteiger charge is -1.87. The lowest BCUT2D eigenvalue weighted by molar-refractivity contribution is 0.425. The Balaban J connectivity index is 2.85. The fraction of sp³-hybridized carbons (Fsp3) is 0.250. The lowest BCUT2D eigenvalue weighted by atomic mass is 9.89. The molecule has 9 heavy (non-hydrogen) atoms. The van der Waals surface area contributed by atoms with Gasteiger partial charge >= 0.3 is 7.12 Å². The molecule has 1 aromatic heterocycles. The maximum absolute atomic E-state index is 8.54. The fourth-order valence-corrected chi connectivity index (χ4v) is 0.573. The van der Waals surface area contributed by atoms with E-state index < -0.39 is 7.12 Å². The van der Waals surface area contributed by atoms with Crippen molar-refractivity contribution in [3.8, 4) is 0 Å². The summed E-state index contributed by atoms with van der Waals surface area (Å²) in [5.74, 6) is 0. The third kappa shape index (κ3) is 1.31. The van der Waals surface area contributed by atoms with Crippen LogP contribution < -0.4 is 5.46 Å². The van der Waals surface area contributed by atoms with Crippen LogP contribution in [0, 0.1) is 0 Å². The van der Waals surface area contributed by atoms with Crippen LogP contribution in [0.1, 0.15) is 0 Å². The van der Waals surface area contributed by atoms with Gasteiger partial charge < -0.3 is 10.0 Å². The number of hydrogen-bond donors (Lipinski definition) is 2. The van der Waals surface area contributed by atoms with Crippen molar-refractivity contribution in [2.24, 2.45) is 7.05 Å². The maximum atomic E-state index is 8.54. The van der Waals surface area contributed by atoms with Crippen LogP contribution in [0.3, 0.4) is 0 Å². The third-order valence-corrected chi connectivity index (χ3v) is 1.02. The van der Waals surface area contributed by atoms with Gasteiger partial charge in [0.15, 0.2) is 0 Å². The molecule has 0 atom stereocenters. The number of nitrogens with zero attached hydrogens (tertiary/aromatic N) is 2. The Kier molecular flexibility index (Phi) is 1.55. The van der Waals surface area contributed by atoms with Gasteiger partial charge in [-0.1, -0.05) is 0 Å². The summed E-state index contributed by atoms with van der Waals surface area (Å²) in [7, 11) is 0.310. The second-order valence-electron chi connectivity index (χ2n) is 1.82. The van der Waals surface area contributed by atoms with E-state index in [4.69, 9.17) is 10.0 Å². The van der Waals surface area contributed by atoms with E-state index in [9.17, 15) is 0 Å². The van der Waals surface area contributed by atoms with Gasteiger partial charge in [-0.25, -0.2) is 0 Å². The number of aryl methyl sites for hydroxylation is 1. The molecule has 0 bridgehead atoms. The van der Waals surface area contributed by atoms with Crippen molar-refractivity contribution < 1.29 is 10.0 Å². The molecule has 2 N–H and O–H groups in total. The van der Waals surface area contributed by atoms with Crippen molar-refractivity contribution >= 4 is 12.6 Å². The zero-order chi connectivity index (χ0) is 6.85. The molecule has 0 saturated carbocycles. The van der Waals surface area contributed by atoms with Crippen molar-refractivity contribution in [2.45, 2.75) is 0 Å². The Labute approximate surface area is 52.9 Å². The van der Waals surface area contributed by atoms with E-state index in [1.165, 1.54) is 10.9 Å². The number of hydrogen-bond acceptors (Lipinski definition) is 3. The molecule has 0 aliphatic heterocycles. The van der Waals surface area contributed by atoms with Crippen LogP contribution in [-0.4, -0.2) is 26.9 Å². The Morgan fingerprint density at radius 1 is 1.67 bits per heavy atom. The van der Waals surface area contributed by atoms with Crippen molar-refractivity contribution in [1.29, 1.82) is 0 Å². The first kappa shape index (κ1) is 6.32. The normalized spacial score (nSPS) is 9.67. The maximum Gasteiger partial charge on any atom is 0.491 e. The van der Waals surface area contributed by atoms with Crippen molar-refractivity contribution in [3.05, 3.63) is 12.4 Å². The Morgan fingerprint density at radius 2 is 2.33 bits per heavy atom. The highest BCUT2D eigenvalue weighted by atomic mass is 16.4. The Morgan fingerprint density at radius 3 is 2.56 bits per heavy atom. The van der Waals surface area contributed by atoms with E-state index in [-0.39, 0.29) is 0 Å². The summed E-state index contributed by atoms with van der Waals surface area (Å²) in [5, 5.41) is 20.8. The molecule has 5 heteroatoms. The molecule has 0 saturated heterocycles. The summed E-state index contributed by atoms with van der Waals surface area (Å²) < 4.78 is 1.51. The highest BCUT2D eigenvalue weighted by Gasteiger charge is 2.11. The zero-order valence-corrected chi connectivity index (χ0v) is 5.02. The third-order valence-electron chi connectivity index (χ3n) is 1.02. The largest absolute Gasteiger partial charge is 0.491 e. The second kappa shape index (κ2) is 2.20. The summed E-state index contributed by atoms with van der Waals surface area (Å²) in [6.45, 7) is 0. The molecule has 0 spiro atoms. The molecule has 48 valence electrons. The van der Waals surface area contributed by atoms with Gasteiger partial charge in [0, 0.05) is 24.9 Å². The summed E-state index contributed by atoms with van der Waals surface area (Å²) in [5.41, 5.74) is 0.414. The lowest BCUT2D eigenvalue weighted by Crippen LogP contribution is -2.28. The van der Waals surface area contributed by atoms with E-state index in [0.717, 1.165) is 0 Å². The molecule has 0 unspecified atom stereocenters. The summed E-state index contributed by atoms with van der Waals surface area (Å²) in [6, 6.07) is 0. The van der Waals surface area contributed by atoms with E-state index in [2.05, 4.69) is 5.10 Å². The number of rotatable bonds is 1. The molecule has 0 aliphatic rings. The van der Waals surface area contributed by atoms with Gasteiger partial charge in [0.1, 0.15) is 0 Å². The second-order valence-corrected chi connectivity index (χ2v) is 1.82. The average molecular weight is 128 g/mol. The quantitative estimate of drug-likeness (QED) is 0.434. The van der Waals surface area contributed by atoms with Crippen LogP contribution in [-0.2, 0) is 7.05 Å². The first-order valence-electron chi connectivity index (χ1n) is 2.55. The molecule has 0 amide bonds. The van der Waals surface area contributed by atoms with Gasteiger partial charge in [-0.15, -0.1) is 0 Å². The molecule has 0 aromatic carbocycles. The fourth-order valence-electron chi connectivity index (χ4n) is 0.573. The summed E-state index contributed by atoms with van der Waals surface area (Å²) >= 11 is 0. The first-order chi connectivity index (χ1) is 4.20. The van der Waals surface area contributed by atoms with Crippen LogP contribution in [0.25, 0.3) is 0 Å². The minimum absolute atomic E-state index is 0.414. The molecule has 0 aliphatic carbocycles. The van der Waals surface area contributed by atoms with Crippen molar-refractivity contribution in [3.63, 3.8) is 0 Å². The van der Waals surface area contributed by atoms with Crippen molar-refractivity contribution in [2.75, 3.05) is 0 Å². The van der Waals surface area contributed by atoms with Gasteiger partial charge in [0.25, 0.3) is 0 Å². The molecule has 0 radical (unpaired) electrons. The summed E-state index contributed by atoms with van der Waals surface area (Å²) in [6.07, 6.45) is 2.95. The van der Waals surface area contributed by atoms with Crippen LogP contribution in [0.15, 0.2) is 12.4 Å². The predicted octanol–water partition coefficient (Wildman–Crippen LogP) is -1.90. The average Bonchev–Trinajstić information content (AvgIpc) is 2.14.